The third-order valence-corrected chi connectivity index (χ3v) is 4.43. The molecule has 2 aromatic rings. The van der Waals surface area contributed by atoms with Crippen LogP contribution in [-0.2, 0) is 10.0 Å². The predicted octanol–water partition coefficient (Wildman–Crippen LogP) is 0.868. The van der Waals surface area contributed by atoms with Gasteiger partial charge in [0.2, 0.25) is 10.0 Å². The molecule has 0 aliphatic carbocycles. The van der Waals surface area contributed by atoms with Crippen LogP contribution in [0.4, 0.5) is 5.69 Å². The van der Waals surface area contributed by atoms with E-state index < -0.39 is 10.0 Å². The van der Waals surface area contributed by atoms with E-state index in [9.17, 15) is 8.42 Å². The number of aromatic nitrogens is 1. The number of nitrogens with zero attached hydrogens (tertiary/aromatic N) is 1. The van der Waals surface area contributed by atoms with Gasteiger partial charge < -0.3 is 10.8 Å². The Labute approximate surface area is 117 Å². The van der Waals surface area contributed by atoms with Gasteiger partial charge in [0, 0.05) is 30.4 Å². The number of rotatable bonds is 6. The van der Waals surface area contributed by atoms with E-state index in [-0.39, 0.29) is 18.0 Å². The lowest BCUT2D eigenvalue weighted by atomic mass is 10.2. The van der Waals surface area contributed by atoms with Crippen molar-refractivity contribution in [1.82, 2.24) is 9.71 Å². The molecule has 2 rings (SSSR count). The van der Waals surface area contributed by atoms with Crippen molar-refractivity contribution in [1.29, 1.82) is 0 Å². The number of unbranched alkanes of at least 4 members (excludes halogenated alkanes) is 1. The van der Waals surface area contributed by atoms with Gasteiger partial charge in [-0.25, -0.2) is 13.1 Å². The SMILES string of the molecule is Nc1ccc(S(=O)(=O)NCCCCO)c2ncccc12. The number of nitrogens with one attached hydrogen (secondary N) is 1. The summed E-state index contributed by atoms with van der Waals surface area (Å²) in [7, 11) is -3.63. The van der Waals surface area contributed by atoms with E-state index in [1.807, 2.05) is 0 Å². The van der Waals surface area contributed by atoms with Gasteiger partial charge in [-0.3, -0.25) is 4.98 Å². The molecule has 0 radical (unpaired) electrons. The quantitative estimate of drug-likeness (QED) is 0.541. The smallest absolute Gasteiger partial charge is 0.242 e. The molecule has 20 heavy (non-hydrogen) atoms. The first-order valence-electron chi connectivity index (χ1n) is 6.30. The first-order chi connectivity index (χ1) is 9.56. The zero-order valence-electron chi connectivity index (χ0n) is 10.9. The number of nitrogen functional groups attached to an aromatic ring is 1. The number of anilines is 1. The highest BCUT2D eigenvalue weighted by atomic mass is 32.2. The summed E-state index contributed by atoms with van der Waals surface area (Å²) in [6, 6.07) is 6.47. The van der Waals surface area contributed by atoms with Gasteiger partial charge in [-0.05, 0) is 37.1 Å². The van der Waals surface area contributed by atoms with E-state index in [0.717, 1.165) is 0 Å². The van der Waals surface area contributed by atoms with E-state index in [1.54, 1.807) is 18.2 Å². The second-order valence-corrected chi connectivity index (χ2v) is 6.12. The summed E-state index contributed by atoms with van der Waals surface area (Å²) >= 11 is 0. The normalized spacial score (nSPS) is 11.8. The Kier molecular flexibility index (Phi) is 4.53. The van der Waals surface area contributed by atoms with Gasteiger partial charge in [0.15, 0.2) is 0 Å². The van der Waals surface area contributed by atoms with Crippen molar-refractivity contribution in [2.45, 2.75) is 17.7 Å². The average Bonchev–Trinajstić information content (AvgIpc) is 2.44. The fraction of sp³-hybridized carbons (Fsp3) is 0.308. The molecular weight excluding hydrogens is 278 g/mol. The minimum Gasteiger partial charge on any atom is -0.398 e. The molecule has 1 aromatic carbocycles. The van der Waals surface area contributed by atoms with Crippen molar-refractivity contribution in [3.8, 4) is 0 Å². The predicted molar refractivity (Wildman–Crippen MR) is 77.7 cm³/mol. The van der Waals surface area contributed by atoms with Crippen LogP contribution in [0.2, 0.25) is 0 Å². The zero-order chi connectivity index (χ0) is 14.6. The average molecular weight is 295 g/mol. The van der Waals surface area contributed by atoms with Gasteiger partial charge in [-0.15, -0.1) is 0 Å². The summed E-state index contributed by atoms with van der Waals surface area (Å²) in [6.45, 7) is 0.329. The monoisotopic (exact) mass is 295 g/mol. The van der Waals surface area contributed by atoms with E-state index in [2.05, 4.69) is 9.71 Å². The third-order valence-electron chi connectivity index (χ3n) is 2.93. The van der Waals surface area contributed by atoms with Crippen LogP contribution in [-0.4, -0.2) is 31.7 Å². The highest BCUT2D eigenvalue weighted by molar-refractivity contribution is 7.89. The summed E-state index contributed by atoms with van der Waals surface area (Å²) in [5.41, 5.74) is 6.68. The standard InChI is InChI=1S/C13H17N3O3S/c14-11-5-6-12(13-10(11)4-3-7-15-13)20(18,19)16-8-1-2-9-17/h3-7,16-17H,1-2,8-9,14H2. The molecule has 1 aromatic heterocycles. The van der Waals surface area contributed by atoms with Crippen LogP contribution in [0.15, 0.2) is 35.4 Å². The number of aliphatic hydroxyl groups is 1. The Hall–Kier alpha value is -1.70. The lowest BCUT2D eigenvalue weighted by Gasteiger charge is -2.10. The number of nitrogens with two attached hydrogens (primary N) is 1. The van der Waals surface area contributed by atoms with Crippen molar-refractivity contribution in [2.24, 2.45) is 0 Å². The Balaban J connectivity index is 2.35. The third kappa shape index (κ3) is 3.06. The van der Waals surface area contributed by atoms with Gasteiger partial charge in [0.1, 0.15) is 4.90 Å². The number of aliphatic hydroxyl groups excluding tert-OH is 1. The Morgan fingerprint density at radius 3 is 2.80 bits per heavy atom. The Morgan fingerprint density at radius 2 is 2.05 bits per heavy atom. The van der Waals surface area contributed by atoms with Gasteiger partial charge in [-0.1, -0.05) is 0 Å². The molecule has 0 aliphatic rings. The van der Waals surface area contributed by atoms with Crippen molar-refractivity contribution in [3.63, 3.8) is 0 Å². The summed E-state index contributed by atoms with van der Waals surface area (Å²) in [5, 5.41) is 9.30. The van der Waals surface area contributed by atoms with E-state index >= 15 is 0 Å². The molecule has 0 fully saturated rings. The van der Waals surface area contributed by atoms with Gasteiger partial charge in [0.05, 0.1) is 5.52 Å². The second-order valence-electron chi connectivity index (χ2n) is 4.38. The molecule has 1 heterocycles. The summed E-state index contributed by atoms with van der Waals surface area (Å²) < 4.78 is 27.0. The van der Waals surface area contributed by atoms with Crippen LogP contribution in [0, 0.1) is 0 Å². The van der Waals surface area contributed by atoms with Gasteiger partial charge >= 0.3 is 0 Å². The maximum atomic E-state index is 12.3. The number of benzene rings is 1. The van der Waals surface area contributed by atoms with Gasteiger partial charge in [0.25, 0.3) is 0 Å². The minimum absolute atomic E-state index is 0.0497. The number of hydrogen-bond donors (Lipinski definition) is 3. The number of sulfonamides is 1. The molecule has 7 heteroatoms. The highest BCUT2D eigenvalue weighted by Gasteiger charge is 2.18. The highest BCUT2D eigenvalue weighted by Crippen LogP contribution is 2.25. The van der Waals surface area contributed by atoms with Crippen molar-refractivity contribution < 1.29 is 13.5 Å². The summed E-state index contributed by atoms with van der Waals surface area (Å²) in [4.78, 5) is 4.23. The number of fused-ring (bicyclic) bond motifs is 1. The topological polar surface area (TPSA) is 105 Å². The summed E-state index contributed by atoms with van der Waals surface area (Å²) in [6.07, 6.45) is 2.67. The maximum Gasteiger partial charge on any atom is 0.242 e. The number of pyridine rings is 1. The van der Waals surface area contributed by atoms with E-state index in [0.29, 0.717) is 29.4 Å². The van der Waals surface area contributed by atoms with Crippen molar-refractivity contribution >= 4 is 26.6 Å². The van der Waals surface area contributed by atoms with Crippen LogP contribution in [0.5, 0.6) is 0 Å². The van der Waals surface area contributed by atoms with Crippen LogP contribution >= 0.6 is 0 Å². The van der Waals surface area contributed by atoms with Crippen LogP contribution in [0.25, 0.3) is 10.9 Å². The van der Waals surface area contributed by atoms with E-state index in [4.69, 9.17) is 10.8 Å². The molecule has 0 bridgehead atoms. The largest absolute Gasteiger partial charge is 0.398 e. The lowest BCUT2D eigenvalue weighted by Crippen LogP contribution is -2.25. The summed E-state index contributed by atoms with van der Waals surface area (Å²) in [5.74, 6) is 0. The van der Waals surface area contributed by atoms with Crippen LogP contribution in [0.3, 0.4) is 0 Å². The lowest BCUT2D eigenvalue weighted by molar-refractivity contribution is 0.285. The molecule has 0 atom stereocenters. The first kappa shape index (κ1) is 14.7. The molecular formula is C13H17N3O3S. The molecule has 4 N–H and O–H groups in total. The number of hydrogen-bond acceptors (Lipinski definition) is 5. The van der Waals surface area contributed by atoms with Crippen LogP contribution < -0.4 is 10.5 Å². The molecule has 0 spiro atoms. The molecule has 0 amide bonds. The molecule has 108 valence electrons. The Morgan fingerprint density at radius 1 is 1.25 bits per heavy atom. The molecule has 0 aliphatic heterocycles. The molecule has 0 saturated heterocycles. The van der Waals surface area contributed by atoms with Crippen molar-refractivity contribution in [2.75, 3.05) is 18.9 Å². The zero-order valence-corrected chi connectivity index (χ0v) is 11.7. The fourth-order valence-electron chi connectivity index (χ4n) is 1.91. The molecule has 0 saturated carbocycles. The fourth-order valence-corrected chi connectivity index (χ4v) is 3.14. The first-order valence-corrected chi connectivity index (χ1v) is 7.78. The van der Waals surface area contributed by atoms with Crippen molar-refractivity contribution in [3.05, 3.63) is 30.5 Å². The van der Waals surface area contributed by atoms with Crippen LogP contribution in [0.1, 0.15) is 12.8 Å². The minimum atomic E-state index is -3.63. The van der Waals surface area contributed by atoms with E-state index in [1.165, 1.54) is 12.3 Å². The second kappa shape index (κ2) is 6.17. The maximum absolute atomic E-state index is 12.3. The molecule has 0 unspecified atom stereocenters. The van der Waals surface area contributed by atoms with Gasteiger partial charge in [-0.2, -0.15) is 0 Å². The Bertz CT molecular complexity index is 701. The molecule has 6 nitrogen and oxygen atoms in total.